The van der Waals surface area contributed by atoms with E-state index in [1.54, 1.807) is 18.4 Å². The number of ether oxygens (including phenoxy) is 1. The van der Waals surface area contributed by atoms with Crippen molar-refractivity contribution >= 4 is 5.78 Å². The number of nitrogens with one attached hydrogen (secondary N) is 1. The predicted octanol–water partition coefficient (Wildman–Crippen LogP) is 3.04. The number of benzene rings is 1. The van der Waals surface area contributed by atoms with Gasteiger partial charge in [-0.15, -0.1) is 0 Å². The van der Waals surface area contributed by atoms with Crippen molar-refractivity contribution in [3.05, 3.63) is 54.0 Å². The molecule has 1 N–H and O–H groups in total. The molecule has 2 rings (SSSR count). The number of furan rings is 1. The number of ketones is 1. The van der Waals surface area contributed by atoms with Crippen LogP contribution in [0.4, 0.5) is 0 Å². The molecule has 20 heavy (non-hydrogen) atoms. The second-order valence-electron chi connectivity index (χ2n) is 4.50. The Morgan fingerprint density at radius 3 is 2.65 bits per heavy atom. The third-order valence-corrected chi connectivity index (χ3v) is 3.01. The molecule has 2 aromatic rings. The summed E-state index contributed by atoms with van der Waals surface area (Å²) in [5.74, 6) is 1.65. The smallest absolute Gasteiger partial charge is 0.179 e. The summed E-state index contributed by atoms with van der Waals surface area (Å²) in [6, 6.07) is 10.7. The summed E-state index contributed by atoms with van der Waals surface area (Å²) in [6.07, 6.45) is 1.62. The van der Waals surface area contributed by atoms with Gasteiger partial charge < -0.3 is 14.5 Å². The first kappa shape index (κ1) is 14.3. The maximum Gasteiger partial charge on any atom is 0.179 e. The molecule has 0 fully saturated rings. The average molecular weight is 273 g/mol. The fourth-order valence-electron chi connectivity index (χ4n) is 1.89. The van der Waals surface area contributed by atoms with E-state index in [0.717, 1.165) is 11.5 Å². The molecule has 1 heterocycles. The van der Waals surface area contributed by atoms with Gasteiger partial charge in [-0.25, -0.2) is 0 Å². The van der Waals surface area contributed by atoms with Gasteiger partial charge in [-0.1, -0.05) is 0 Å². The van der Waals surface area contributed by atoms with Gasteiger partial charge in [-0.3, -0.25) is 4.79 Å². The molecule has 106 valence electrons. The number of hydrogen-bond acceptors (Lipinski definition) is 4. The molecule has 1 aromatic carbocycles. The maximum absolute atomic E-state index is 12.2. The number of carbonyl (C=O) groups is 1. The van der Waals surface area contributed by atoms with Crippen LogP contribution in [0.3, 0.4) is 0 Å². The monoisotopic (exact) mass is 273 g/mol. The van der Waals surface area contributed by atoms with Crippen molar-refractivity contribution < 1.29 is 13.9 Å². The third-order valence-electron chi connectivity index (χ3n) is 3.01. The van der Waals surface area contributed by atoms with Crippen molar-refractivity contribution in [1.82, 2.24) is 5.32 Å². The normalized spacial score (nSPS) is 12.1. The largest absolute Gasteiger partial charge is 0.494 e. The first-order valence-electron chi connectivity index (χ1n) is 6.73. The van der Waals surface area contributed by atoms with Crippen molar-refractivity contribution in [3.63, 3.8) is 0 Å². The van der Waals surface area contributed by atoms with Gasteiger partial charge in [0.05, 0.1) is 25.5 Å². The zero-order valence-corrected chi connectivity index (χ0v) is 11.8. The lowest BCUT2D eigenvalue weighted by atomic mass is 10.1. The zero-order valence-electron chi connectivity index (χ0n) is 11.8. The molecule has 1 unspecified atom stereocenters. The van der Waals surface area contributed by atoms with Gasteiger partial charge in [0.25, 0.3) is 0 Å². The van der Waals surface area contributed by atoms with Crippen molar-refractivity contribution in [1.29, 1.82) is 0 Å². The summed E-state index contributed by atoms with van der Waals surface area (Å²) in [4.78, 5) is 12.2. The standard InChI is InChI=1S/C16H19NO3/c1-3-19-14-8-6-13(7-9-14)16(18)12(2)17-11-15-5-4-10-20-15/h4-10,12,17H,3,11H2,1-2H3. The summed E-state index contributed by atoms with van der Waals surface area (Å²) >= 11 is 0. The summed E-state index contributed by atoms with van der Waals surface area (Å²) in [5, 5.41) is 3.15. The quantitative estimate of drug-likeness (QED) is 0.788. The summed E-state index contributed by atoms with van der Waals surface area (Å²) in [7, 11) is 0. The number of carbonyl (C=O) groups excluding carboxylic acids is 1. The van der Waals surface area contributed by atoms with Gasteiger partial charge in [0.1, 0.15) is 11.5 Å². The Morgan fingerprint density at radius 2 is 2.05 bits per heavy atom. The first-order valence-corrected chi connectivity index (χ1v) is 6.73. The third kappa shape index (κ3) is 3.71. The molecule has 0 aliphatic rings. The second kappa shape index (κ2) is 6.91. The SMILES string of the molecule is CCOc1ccc(C(=O)C(C)NCc2ccco2)cc1. The predicted molar refractivity (Wildman–Crippen MR) is 77.0 cm³/mol. The molecule has 0 radical (unpaired) electrons. The lowest BCUT2D eigenvalue weighted by molar-refractivity contribution is 0.0949. The van der Waals surface area contributed by atoms with Crippen molar-refractivity contribution in [3.8, 4) is 5.75 Å². The van der Waals surface area contributed by atoms with E-state index in [4.69, 9.17) is 9.15 Å². The van der Waals surface area contributed by atoms with Crippen LogP contribution in [0.15, 0.2) is 47.1 Å². The van der Waals surface area contributed by atoms with Crippen molar-refractivity contribution in [2.24, 2.45) is 0 Å². The summed E-state index contributed by atoms with van der Waals surface area (Å²) in [5.41, 5.74) is 0.674. The topological polar surface area (TPSA) is 51.5 Å². The van der Waals surface area contributed by atoms with Crippen LogP contribution in [-0.2, 0) is 6.54 Å². The van der Waals surface area contributed by atoms with Gasteiger partial charge in [0.15, 0.2) is 5.78 Å². The second-order valence-corrected chi connectivity index (χ2v) is 4.50. The Kier molecular flexibility index (Phi) is 4.96. The van der Waals surface area contributed by atoms with Gasteiger partial charge in [-0.05, 0) is 50.2 Å². The van der Waals surface area contributed by atoms with Crippen LogP contribution >= 0.6 is 0 Å². The Labute approximate surface area is 118 Å². The molecule has 0 aliphatic carbocycles. The fraction of sp³-hybridized carbons (Fsp3) is 0.312. The minimum Gasteiger partial charge on any atom is -0.494 e. The summed E-state index contributed by atoms with van der Waals surface area (Å²) < 4.78 is 10.6. The van der Waals surface area contributed by atoms with E-state index in [9.17, 15) is 4.79 Å². The fourth-order valence-corrected chi connectivity index (χ4v) is 1.89. The van der Waals surface area contributed by atoms with E-state index in [-0.39, 0.29) is 11.8 Å². The van der Waals surface area contributed by atoms with E-state index in [0.29, 0.717) is 18.7 Å². The molecule has 4 heteroatoms. The highest BCUT2D eigenvalue weighted by Crippen LogP contribution is 2.13. The minimum atomic E-state index is -0.266. The van der Waals surface area contributed by atoms with Crippen LogP contribution in [0.5, 0.6) is 5.75 Å². The van der Waals surface area contributed by atoms with Gasteiger partial charge in [0, 0.05) is 5.56 Å². The van der Waals surface area contributed by atoms with Crippen LogP contribution < -0.4 is 10.1 Å². The minimum absolute atomic E-state index is 0.0552. The van der Waals surface area contributed by atoms with Crippen molar-refractivity contribution in [2.75, 3.05) is 6.61 Å². The first-order chi connectivity index (χ1) is 9.70. The number of rotatable bonds is 7. The Hall–Kier alpha value is -2.07. The number of Topliss-reactive ketones (excluding diaryl/α,β-unsaturated/α-hetero) is 1. The van der Waals surface area contributed by atoms with Crippen LogP contribution in [0, 0.1) is 0 Å². The molecule has 0 saturated heterocycles. The highest BCUT2D eigenvalue weighted by Gasteiger charge is 2.15. The van der Waals surface area contributed by atoms with Gasteiger partial charge >= 0.3 is 0 Å². The van der Waals surface area contributed by atoms with E-state index in [1.807, 2.05) is 38.1 Å². The highest BCUT2D eigenvalue weighted by molar-refractivity contribution is 5.99. The maximum atomic E-state index is 12.2. The van der Waals surface area contributed by atoms with Crippen LogP contribution in [-0.4, -0.2) is 18.4 Å². The Bertz CT molecular complexity index is 531. The molecule has 1 atom stereocenters. The van der Waals surface area contributed by atoms with Gasteiger partial charge in [0.2, 0.25) is 0 Å². The summed E-state index contributed by atoms with van der Waals surface area (Å²) in [6.45, 7) is 4.94. The molecule has 0 spiro atoms. The Morgan fingerprint density at radius 1 is 1.30 bits per heavy atom. The molecule has 0 saturated carbocycles. The van der Waals surface area contributed by atoms with Crippen LogP contribution in [0.25, 0.3) is 0 Å². The highest BCUT2D eigenvalue weighted by atomic mass is 16.5. The molecule has 4 nitrogen and oxygen atoms in total. The molecule has 0 aliphatic heterocycles. The average Bonchev–Trinajstić information content (AvgIpc) is 2.98. The zero-order chi connectivity index (χ0) is 14.4. The van der Waals surface area contributed by atoms with E-state index >= 15 is 0 Å². The Balaban J connectivity index is 1.92. The molecular formula is C16H19NO3. The van der Waals surface area contributed by atoms with Crippen molar-refractivity contribution in [2.45, 2.75) is 26.4 Å². The van der Waals surface area contributed by atoms with Gasteiger partial charge in [-0.2, -0.15) is 0 Å². The van der Waals surface area contributed by atoms with E-state index < -0.39 is 0 Å². The van der Waals surface area contributed by atoms with E-state index in [1.165, 1.54) is 0 Å². The van der Waals surface area contributed by atoms with E-state index in [2.05, 4.69) is 5.32 Å². The lowest BCUT2D eigenvalue weighted by Crippen LogP contribution is -2.33. The molecule has 1 aromatic heterocycles. The molecule has 0 amide bonds. The molecular weight excluding hydrogens is 254 g/mol. The van der Waals surface area contributed by atoms with Crippen LogP contribution in [0.1, 0.15) is 30.0 Å². The number of hydrogen-bond donors (Lipinski definition) is 1. The van der Waals surface area contributed by atoms with Crippen LogP contribution in [0.2, 0.25) is 0 Å². The lowest BCUT2D eigenvalue weighted by Gasteiger charge is -2.12. The molecule has 0 bridgehead atoms.